The maximum absolute atomic E-state index is 12.7. The van der Waals surface area contributed by atoms with E-state index < -0.39 is 22.8 Å². The number of halogens is 4. The molecule has 0 unspecified atom stereocenters. The Labute approximate surface area is 143 Å². The minimum absolute atomic E-state index is 0.0539. The molecule has 1 aromatic carbocycles. The van der Waals surface area contributed by atoms with E-state index in [1.807, 2.05) is 0 Å². The fourth-order valence-electron chi connectivity index (χ4n) is 2.31. The van der Waals surface area contributed by atoms with E-state index in [-0.39, 0.29) is 18.7 Å². The lowest BCUT2D eigenvalue weighted by Gasteiger charge is -2.13. The van der Waals surface area contributed by atoms with Gasteiger partial charge in [-0.25, -0.2) is 4.72 Å². The third kappa shape index (κ3) is 4.62. The topological polar surface area (TPSA) is 54.3 Å². The standard InChI is InChI=1S/C14H17ClF3N3O2S/c1-20(2)24(22,23)19-5-6-21-9-10(8-14(16,17)18)12-7-11(15)3-4-13(12)21/h3-4,7,9,19H,5-6,8H2,1-2H3. The highest BCUT2D eigenvalue weighted by Crippen LogP contribution is 2.30. The minimum atomic E-state index is -4.34. The van der Waals surface area contributed by atoms with Gasteiger partial charge in [-0.2, -0.15) is 25.9 Å². The van der Waals surface area contributed by atoms with Crippen LogP contribution in [0, 0.1) is 0 Å². The normalized spacial score (nSPS) is 13.1. The zero-order valence-electron chi connectivity index (χ0n) is 13.1. The van der Waals surface area contributed by atoms with E-state index in [4.69, 9.17) is 11.6 Å². The molecule has 0 aliphatic rings. The van der Waals surface area contributed by atoms with Crippen molar-refractivity contribution in [2.24, 2.45) is 0 Å². The Kier molecular flexibility index (Phi) is 5.48. The number of alkyl halides is 3. The third-order valence-corrected chi connectivity index (χ3v) is 5.20. The summed E-state index contributed by atoms with van der Waals surface area (Å²) in [6.45, 7) is 0.251. The first kappa shape index (κ1) is 19.0. The Morgan fingerprint density at radius 2 is 1.96 bits per heavy atom. The van der Waals surface area contributed by atoms with Crippen LogP contribution in [0.2, 0.25) is 5.02 Å². The molecule has 0 aliphatic heterocycles. The summed E-state index contributed by atoms with van der Waals surface area (Å²) in [6, 6.07) is 4.69. The second kappa shape index (κ2) is 6.91. The quantitative estimate of drug-likeness (QED) is 0.834. The van der Waals surface area contributed by atoms with Crippen molar-refractivity contribution < 1.29 is 21.6 Å². The monoisotopic (exact) mass is 383 g/mol. The van der Waals surface area contributed by atoms with Crippen LogP contribution >= 0.6 is 11.6 Å². The van der Waals surface area contributed by atoms with Crippen molar-refractivity contribution in [2.75, 3.05) is 20.6 Å². The SMILES string of the molecule is CN(C)S(=O)(=O)NCCn1cc(CC(F)(F)F)c2cc(Cl)ccc21. The van der Waals surface area contributed by atoms with E-state index in [9.17, 15) is 21.6 Å². The Hall–Kier alpha value is -1.29. The van der Waals surface area contributed by atoms with Gasteiger partial charge in [-0.3, -0.25) is 0 Å². The molecule has 0 atom stereocenters. The molecule has 0 amide bonds. The smallest absolute Gasteiger partial charge is 0.346 e. The largest absolute Gasteiger partial charge is 0.393 e. The zero-order chi connectivity index (χ0) is 18.1. The summed E-state index contributed by atoms with van der Waals surface area (Å²) >= 11 is 5.88. The molecule has 0 aliphatic carbocycles. The maximum Gasteiger partial charge on any atom is 0.393 e. The first-order chi connectivity index (χ1) is 11.0. The molecule has 5 nitrogen and oxygen atoms in total. The third-order valence-electron chi connectivity index (χ3n) is 3.43. The minimum Gasteiger partial charge on any atom is -0.346 e. The van der Waals surface area contributed by atoms with Gasteiger partial charge in [0, 0.05) is 49.3 Å². The molecule has 0 bridgehead atoms. The lowest BCUT2D eigenvalue weighted by atomic mass is 10.1. The Balaban J connectivity index is 2.27. The van der Waals surface area contributed by atoms with Crippen molar-refractivity contribution in [1.29, 1.82) is 0 Å². The van der Waals surface area contributed by atoms with Gasteiger partial charge in [-0.05, 0) is 23.8 Å². The molecule has 134 valence electrons. The summed E-state index contributed by atoms with van der Waals surface area (Å²) in [6.07, 6.45) is -4.02. The predicted molar refractivity (Wildman–Crippen MR) is 87.3 cm³/mol. The van der Waals surface area contributed by atoms with E-state index in [0.29, 0.717) is 15.9 Å². The molecule has 2 rings (SSSR count). The number of fused-ring (bicyclic) bond motifs is 1. The molecule has 10 heteroatoms. The van der Waals surface area contributed by atoms with Gasteiger partial charge in [0.15, 0.2) is 0 Å². The molecule has 24 heavy (non-hydrogen) atoms. The summed E-state index contributed by atoms with van der Waals surface area (Å²) in [4.78, 5) is 0. The lowest BCUT2D eigenvalue weighted by molar-refractivity contribution is -0.127. The molecule has 1 N–H and O–H groups in total. The second-order valence-corrected chi connectivity index (χ2v) is 7.89. The van der Waals surface area contributed by atoms with E-state index in [2.05, 4.69) is 4.72 Å². The molecule has 0 saturated carbocycles. The second-order valence-electron chi connectivity index (χ2n) is 5.48. The molecule has 2 aromatic rings. The van der Waals surface area contributed by atoms with Crippen LogP contribution in [0.5, 0.6) is 0 Å². The predicted octanol–water partition coefficient (Wildman–Crippen LogP) is 2.80. The fourth-order valence-corrected chi connectivity index (χ4v) is 3.09. The van der Waals surface area contributed by atoms with Crippen LogP contribution in [0.3, 0.4) is 0 Å². The van der Waals surface area contributed by atoms with Gasteiger partial charge < -0.3 is 4.57 Å². The van der Waals surface area contributed by atoms with Crippen LogP contribution in [-0.4, -0.2) is 44.1 Å². The molecule has 0 fully saturated rings. The zero-order valence-corrected chi connectivity index (χ0v) is 14.6. The van der Waals surface area contributed by atoms with Gasteiger partial charge in [0.05, 0.1) is 6.42 Å². The highest BCUT2D eigenvalue weighted by Gasteiger charge is 2.29. The molecular formula is C14H17ClF3N3O2S. The summed E-state index contributed by atoms with van der Waals surface area (Å²) in [5, 5.41) is 0.757. The Bertz CT molecular complexity index is 832. The summed E-state index contributed by atoms with van der Waals surface area (Å²) in [5.74, 6) is 0. The van der Waals surface area contributed by atoms with Crippen LogP contribution in [0.15, 0.2) is 24.4 Å². The highest BCUT2D eigenvalue weighted by molar-refractivity contribution is 7.87. The van der Waals surface area contributed by atoms with Crippen molar-refractivity contribution >= 4 is 32.7 Å². The lowest BCUT2D eigenvalue weighted by Crippen LogP contribution is -2.37. The molecule has 1 heterocycles. The maximum atomic E-state index is 12.7. The number of hydrogen-bond donors (Lipinski definition) is 1. The molecule has 0 radical (unpaired) electrons. The van der Waals surface area contributed by atoms with Crippen LogP contribution in [0.4, 0.5) is 13.2 Å². The van der Waals surface area contributed by atoms with Crippen molar-refractivity contribution in [2.45, 2.75) is 19.1 Å². The van der Waals surface area contributed by atoms with Crippen LogP contribution in [-0.2, 0) is 23.2 Å². The average Bonchev–Trinajstić information content (AvgIpc) is 2.74. The number of rotatable bonds is 6. The van der Waals surface area contributed by atoms with E-state index in [1.54, 1.807) is 16.7 Å². The molecular weight excluding hydrogens is 367 g/mol. The molecule has 0 saturated heterocycles. The number of aromatic nitrogens is 1. The molecule has 1 aromatic heterocycles. The first-order valence-electron chi connectivity index (χ1n) is 7.01. The number of nitrogens with zero attached hydrogens (tertiary/aromatic N) is 2. The van der Waals surface area contributed by atoms with Crippen molar-refractivity contribution in [3.05, 3.63) is 35.0 Å². The van der Waals surface area contributed by atoms with Gasteiger partial charge >= 0.3 is 6.18 Å². The average molecular weight is 384 g/mol. The van der Waals surface area contributed by atoms with E-state index >= 15 is 0 Å². The fraction of sp³-hybridized carbons (Fsp3) is 0.429. The van der Waals surface area contributed by atoms with Gasteiger partial charge in [-0.15, -0.1) is 0 Å². The Morgan fingerprint density at radius 3 is 2.54 bits per heavy atom. The summed E-state index contributed by atoms with van der Waals surface area (Å²) in [5.41, 5.74) is 0.679. The molecule has 0 spiro atoms. The van der Waals surface area contributed by atoms with Gasteiger partial charge in [0.25, 0.3) is 10.2 Å². The van der Waals surface area contributed by atoms with Crippen LogP contribution < -0.4 is 4.72 Å². The van der Waals surface area contributed by atoms with Crippen LogP contribution in [0.1, 0.15) is 5.56 Å². The summed E-state index contributed by atoms with van der Waals surface area (Å²) < 4.78 is 66.5. The number of benzene rings is 1. The Morgan fingerprint density at radius 1 is 1.29 bits per heavy atom. The van der Waals surface area contributed by atoms with Crippen molar-refractivity contribution in [3.8, 4) is 0 Å². The van der Waals surface area contributed by atoms with Gasteiger partial charge in [0.1, 0.15) is 0 Å². The van der Waals surface area contributed by atoms with Crippen molar-refractivity contribution in [1.82, 2.24) is 13.6 Å². The summed E-state index contributed by atoms with van der Waals surface area (Å²) in [7, 11) is -0.810. The number of hydrogen-bond acceptors (Lipinski definition) is 2. The van der Waals surface area contributed by atoms with Crippen LogP contribution in [0.25, 0.3) is 10.9 Å². The van der Waals surface area contributed by atoms with Gasteiger partial charge in [-0.1, -0.05) is 11.6 Å². The van der Waals surface area contributed by atoms with Crippen molar-refractivity contribution in [3.63, 3.8) is 0 Å². The first-order valence-corrected chi connectivity index (χ1v) is 8.82. The van der Waals surface area contributed by atoms with E-state index in [1.165, 1.54) is 26.4 Å². The van der Waals surface area contributed by atoms with Gasteiger partial charge in [0.2, 0.25) is 0 Å². The number of nitrogens with one attached hydrogen (secondary N) is 1. The van der Waals surface area contributed by atoms with E-state index in [0.717, 1.165) is 4.31 Å². The highest BCUT2D eigenvalue weighted by atomic mass is 35.5.